The zero-order valence-corrected chi connectivity index (χ0v) is 9.01. The van der Waals surface area contributed by atoms with E-state index in [1.54, 1.807) is 11.3 Å². The molecule has 0 fully saturated rings. The van der Waals surface area contributed by atoms with Gasteiger partial charge in [-0.15, -0.1) is 11.3 Å². The molecule has 0 aliphatic carbocycles. The summed E-state index contributed by atoms with van der Waals surface area (Å²) in [7, 11) is 0. The minimum Gasteiger partial charge on any atom is -0.463 e. The van der Waals surface area contributed by atoms with Crippen LogP contribution in [-0.2, 0) is 20.7 Å². The molecule has 4 heteroatoms. The lowest BCUT2D eigenvalue weighted by molar-refractivity contribution is -0.144. The van der Waals surface area contributed by atoms with Gasteiger partial charge in [0.15, 0.2) is 0 Å². The fraction of sp³-hybridized carbons (Fsp3) is 0.500. The van der Waals surface area contributed by atoms with Gasteiger partial charge in [-0.3, -0.25) is 4.79 Å². The van der Waals surface area contributed by atoms with Crippen LogP contribution in [0.2, 0.25) is 0 Å². The largest absolute Gasteiger partial charge is 0.463 e. The Morgan fingerprint density at radius 2 is 2.36 bits per heavy atom. The van der Waals surface area contributed by atoms with Gasteiger partial charge in [0.1, 0.15) is 6.61 Å². The number of esters is 1. The summed E-state index contributed by atoms with van der Waals surface area (Å²) in [5.41, 5.74) is 0. The molecule has 0 spiro atoms. The standard InChI is InChI=1S/C10H14O3S/c1-2-12-5-6-13-10(11)8-9-4-3-7-14-9/h3-4,7H,2,5-6,8H2,1H3. The maximum absolute atomic E-state index is 11.2. The van der Waals surface area contributed by atoms with Crippen LogP contribution in [0.3, 0.4) is 0 Å². The second kappa shape index (κ2) is 6.56. The topological polar surface area (TPSA) is 35.5 Å². The predicted octanol–water partition coefficient (Wildman–Crippen LogP) is 1.87. The molecule has 1 aromatic rings. The van der Waals surface area contributed by atoms with Crippen LogP contribution in [0.25, 0.3) is 0 Å². The normalized spacial score (nSPS) is 10.1. The van der Waals surface area contributed by atoms with Crippen molar-refractivity contribution in [3.8, 4) is 0 Å². The second-order valence-electron chi connectivity index (χ2n) is 2.67. The van der Waals surface area contributed by atoms with Crippen LogP contribution in [0.4, 0.5) is 0 Å². The van der Waals surface area contributed by atoms with E-state index in [-0.39, 0.29) is 5.97 Å². The number of carbonyl (C=O) groups is 1. The first-order valence-corrected chi connectivity index (χ1v) is 5.46. The summed E-state index contributed by atoms with van der Waals surface area (Å²) in [4.78, 5) is 12.2. The van der Waals surface area contributed by atoms with Crippen molar-refractivity contribution in [2.45, 2.75) is 13.3 Å². The SMILES string of the molecule is CCOCCOC(=O)Cc1cccs1. The minimum absolute atomic E-state index is 0.188. The lowest BCUT2D eigenvalue weighted by Gasteiger charge is -2.03. The number of thiophene rings is 1. The number of ether oxygens (including phenoxy) is 2. The van der Waals surface area contributed by atoms with Crippen LogP contribution < -0.4 is 0 Å². The highest BCUT2D eigenvalue weighted by Gasteiger charge is 2.04. The van der Waals surface area contributed by atoms with Crippen molar-refractivity contribution in [1.82, 2.24) is 0 Å². The van der Waals surface area contributed by atoms with E-state index in [1.165, 1.54) is 0 Å². The van der Waals surface area contributed by atoms with Crippen LogP contribution in [0.5, 0.6) is 0 Å². The molecule has 0 aliphatic rings. The molecule has 0 amide bonds. The first-order valence-electron chi connectivity index (χ1n) is 4.58. The second-order valence-corrected chi connectivity index (χ2v) is 3.71. The van der Waals surface area contributed by atoms with Gasteiger partial charge in [0.25, 0.3) is 0 Å². The molecule has 0 N–H and O–H groups in total. The monoisotopic (exact) mass is 214 g/mol. The Hall–Kier alpha value is -0.870. The van der Waals surface area contributed by atoms with Crippen molar-refractivity contribution in [3.63, 3.8) is 0 Å². The number of hydrogen-bond acceptors (Lipinski definition) is 4. The molecular formula is C10H14O3S. The molecule has 1 rings (SSSR count). The molecule has 14 heavy (non-hydrogen) atoms. The van der Waals surface area contributed by atoms with Crippen LogP contribution in [-0.4, -0.2) is 25.8 Å². The van der Waals surface area contributed by atoms with Gasteiger partial charge < -0.3 is 9.47 Å². The zero-order chi connectivity index (χ0) is 10.2. The fourth-order valence-corrected chi connectivity index (χ4v) is 1.66. The van der Waals surface area contributed by atoms with E-state index in [2.05, 4.69) is 0 Å². The van der Waals surface area contributed by atoms with Crippen LogP contribution in [0.15, 0.2) is 17.5 Å². The van der Waals surface area contributed by atoms with E-state index in [9.17, 15) is 4.79 Å². The molecule has 0 radical (unpaired) electrons. The van der Waals surface area contributed by atoms with Crippen LogP contribution in [0, 0.1) is 0 Å². The molecular weight excluding hydrogens is 200 g/mol. The van der Waals surface area contributed by atoms with E-state index in [0.717, 1.165) is 4.88 Å². The van der Waals surface area contributed by atoms with E-state index in [4.69, 9.17) is 9.47 Å². The van der Waals surface area contributed by atoms with Gasteiger partial charge >= 0.3 is 5.97 Å². The minimum atomic E-state index is -0.188. The van der Waals surface area contributed by atoms with Crippen molar-refractivity contribution in [1.29, 1.82) is 0 Å². The molecule has 0 aliphatic heterocycles. The third kappa shape index (κ3) is 4.39. The summed E-state index contributed by atoms with van der Waals surface area (Å²) >= 11 is 1.56. The Bertz CT molecular complexity index is 256. The van der Waals surface area contributed by atoms with Gasteiger partial charge in [0.2, 0.25) is 0 Å². The average molecular weight is 214 g/mol. The molecule has 78 valence electrons. The van der Waals surface area contributed by atoms with E-state index >= 15 is 0 Å². The lowest BCUT2D eigenvalue weighted by Crippen LogP contribution is -2.12. The summed E-state index contributed by atoms with van der Waals surface area (Å²) in [6.07, 6.45) is 0.365. The van der Waals surface area contributed by atoms with Gasteiger partial charge in [-0.2, -0.15) is 0 Å². The quantitative estimate of drug-likeness (QED) is 0.535. The first-order chi connectivity index (χ1) is 6.83. The molecule has 0 aromatic carbocycles. The Balaban J connectivity index is 2.11. The van der Waals surface area contributed by atoms with E-state index in [1.807, 2.05) is 24.4 Å². The highest BCUT2D eigenvalue weighted by atomic mass is 32.1. The van der Waals surface area contributed by atoms with Crippen molar-refractivity contribution in [2.24, 2.45) is 0 Å². The number of carbonyl (C=O) groups excluding carboxylic acids is 1. The summed E-state index contributed by atoms with van der Waals surface area (Å²) in [6.45, 7) is 3.39. The van der Waals surface area contributed by atoms with Crippen molar-refractivity contribution in [3.05, 3.63) is 22.4 Å². The van der Waals surface area contributed by atoms with Crippen molar-refractivity contribution in [2.75, 3.05) is 19.8 Å². The molecule has 0 atom stereocenters. The molecule has 1 heterocycles. The van der Waals surface area contributed by atoms with Gasteiger partial charge in [-0.1, -0.05) is 6.07 Å². The highest BCUT2D eigenvalue weighted by molar-refractivity contribution is 7.10. The van der Waals surface area contributed by atoms with E-state index < -0.39 is 0 Å². The molecule has 0 saturated carbocycles. The molecule has 0 unspecified atom stereocenters. The van der Waals surface area contributed by atoms with Crippen LogP contribution in [0.1, 0.15) is 11.8 Å². The summed E-state index contributed by atoms with van der Waals surface area (Å²) in [5.74, 6) is -0.188. The van der Waals surface area contributed by atoms with Gasteiger partial charge in [-0.25, -0.2) is 0 Å². The van der Waals surface area contributed by atoms with Crippen molar-refractivity contribution >= 4 is 17.3 Å². The Morgan fingerprint density at radius 3 is 3.00 bits per heavy atom. The predicted molar refractivity (Wildman–Crippen MR) is 55.5 cm³/mol. The summed E-state index contributed by atoms with van der Waals surface area (Å²) in [5, 5.41) is 1.95. The zero-order valence-electron chi connectivity index (χ0n) is 8.19. The lowest BCUT2D eigenvalue weighted by atomic mass is 10.3. The molecule has 0 bridgehead atoms. The third-order valence-electron chi connectivity index (χ3n) is 1.59. The Labute approximate surface area is 87.7 Å². The van der Waals surface area contributed by atoms with Gasteiger partial charge in [-0.05, 0) is 18.4 Å². The van der Waals surface area contributed by atoms with E-state index in [0.29, 0.717) is 26.2 Å². The summed E-state index contributed by atoms with van der Waals surface area (Å²) in [6, 6.07) is 3.85. The maximum Gasteiger partial charge on any atom is 0.311 e. The van der Waals surface area contributed by atoms with Crippen LogP contribution >= 0.6 is 11.3 Å². The number of rotatable bonds is 6. The number of hydrogen-bond donors (Lipinski definition) is 0. The average Bonchev–Trinajstić information content (AvgIpc) is 2.65. The smallest absolute Gasteiger partial charge is 0.311 e. The maximum atomic E-state index is 11.2. The van der Waals surface area contributed by atoms with Gasteiger partial charge in [0, 0.05) is 11.5 Å². The molecule has 0 saturated heterocycles. The summed E-state index contributed by atoms with van der Waals surface area (Å²) < 4.78 is 10.0. The third-order valence-corrected chi connectivity index (χ3v) is 2.47. The Morgan fingerprint density at radius 1 is 1.50 bits per heavy atom. The molecule has 1 aromatic heterocycles. The molecule has 3 nitrogen and oxygen atoms in total. The first kappa shape index (κ1) is 11.2. The van der Waals surface area contributed by atoms with Crippen molar-refractivity contribution < 1.29 is 14.3 Å². The highest BCUT2D eigenvalue weighted by Crippen LogP contribution is 2.09. The Kier molecular flexibility index (Phi) is 5.25. The van der Waals surface area contributed by atoms with Gasteiger partial charge in [0.05, 0.1) is 13.0 Å². The fourth-order valence-electron chi connectivity index (χ4n) is 0.965.